The lowest BCUT2D eigenvalue weighted by Gasteiger charge is -2.03. The topological polar surface area (TPSA) is 129 Å². The molecule has 0 bridgehead atoms. The van der Waals surface area contributed by atoms with Crippen molar-refractivity contribution in [2.45, 2.75) is 9.79 Å². The van der Waals surface area contributed by atoms with E-state index in [4.69, 9.17) is 14.8 Å². The molecule has 0 fully saturated rings. The van der Waals surface area contributed by atoms with Crippen molar-refractivity contribution in [1.29, 1.82) is 0 Å². The van der Waals surface area contributed by atoms with Crippen LogP contribution in [0.15, 0.2) is 21.9 Å². The van der Waals surface area contributed by atoms with Crippen molar-refractivity contribution < 1.29 is 31.6 Å². The molecule has 1 aromatic carbocycles. The van der Waals surface area contributed by atoms with Crippen LogP contribution in [0.4, 0.5) is 0 Å². The fraction of sp³-hybridized carbons (Fsp3) is 0. The average Bonchev–Trinajstić information content (AvgIpc) is 2.06. The summed E-state index contributed by atoms with van der Waals surface area (Å²) in [5.41, 5.74) is 0. The summed E-state index contributed by atoms with van der Waals surface area (Å²) >= 11 is 0. The SMILES string of the molecule is O=[SH](=O)c1cc(O)c(O)c(S(=O)(=O)O)c1. The lowest BCUT2D eigenvalue weighted by Crippen LogP contribution is -1.99. The minimum atomic E-state index is -4.79. The number of phenolic OH excluding ortho intramolecular Hbond substituents is 2. The van der Waals surface area contributed by atoms with Gasteiger partial charge in [-0.3, -0.25) is 4.55 Å². The zero-order valence-electron chi connectivity index (χ0n) is 6.98. The average molecular weight is 254 g/mol. The van der Waals surface area contributed by atoms with Gasteiger partial charge in [0.25, 0.3) is 10.1 Å². The molecule has 1 aromatic rings. The summed E-state index contributed by atoms with van der Waals surface area (Å²) in [7, 11) is -7.92. The van der Waals surface area contributed by atoms with E-state index in [1.807, 2.05) is 0 Å². The van der Waals surface area contributed by atoms with Crippen LogP contribution in [-0.2, 0) is 20.8 Å². The summed E-state index contributed by atoms with van der Waals surface area (Å²) in [6, 6.07) is 1.20. The van der Waals surface area contributed by atoms with Crippen LogP contribution in [0.3, 0.4) is 0 Å². The summed E-state index contributed by atoms with van der Waals surface area (Å²) < 4.78 is 51.0. The number of hydrogen-bond donors (Lipinski definition) is 4. The molecule has 9 heteroatoms. The zero-order chi connectivity index (χ0) is 11.8. The number of benzene rings is 1. The standard InChI is InChI=1S/C6H6O7S2/c7-4-1-3(14(9)10)2-5(6(4)8)15(11,12)13/h1-2,7-8,14H,(H,11,12,13). The molecule has 0 aromatic heterocycles. The third kappa shape index (κ3) is 2.37. The van der Waals surface area contributed by atoms with Crippen LogP contribution in [0.2, 0.25) is 0 Å². The van der Waals surface area contributed by atoms with Gasteiger partial charge in [-0.05, 0) is 6.07 Å². The smallest absolute Gasteiger partial charge is 0.298 e. The van der Waals surface area contributed by atoms with Crippen LogP contribution in [0.5, 0.6) is 11.5 Å². The second kappa shape index (κ2) is 3.68. The normalized spacial score (nSPS) is 11.9. The summed E-state index contributed by atoms with van der Waals surface area (Å²) in [5, 5.41) is 18.1. The molecule has 0 heterocycles. The van der Waals surface area contributed by atoms with Crippen molar-refractivity contribution in [2.24, 2.45) is 0 Å². The predicted octanol–water partition coefficient (Wildman–Crippen LogP) is -0.685. The molecule has 84 valence electrons. The highest BCUT2D eigenvalue weighted by molar-refractivity contribution is 7.86. The van der Waals surface area contributed by atoms with Crippen molar-refractivity contribution in [3.05, 3.63) is 12.1 Å². The van der Waals surface area contributed by atoms with Gasteiger partial charge in [0.2, 0.25) is 0 Å². The molecule has 15 heavy (non-hydrogen) atoms. The Morgan fingerprint density at radius 3 is 2.07 bits per heavy atom. The largest absolute Gasteiger partial charge is 0.504 e. The Bertz CT molecular complexity index is 561. The van der Waals surface area contributed by atoms with Crippen molar-refractivity contribution in [3.63, 3.8) is 0 Å². The van der Waals surface area contributed by atoms with E-state index in [1.165, 1.54) is 0 Å². The Balaban J connectivity index is 3.67. The molecule has 3 N–H and O–H groups in total. The van der Waals surface area contributed by atoms with Crippen molar-refractivity contribution >= 4 is 20.8 Å². The van der Waals surface area contributed by atoms with Gasteiger partial charge in [-0.1, -0.05) is 0 Å². The molecule has 0 radical (unpaired) electrons. The summed E-state index contributed by atoms with van der Waals surface area (Å²) in [6.45, 7) is 0. The van der Waals surface area contributed by atoms with Crippen molar-refractivity contribution in [2.75, 3.05) is 0 Å². The van der Waals surface area contributed by atoms with Gasteiger partial charge >= 0.3 is 0 Å². The molecule has 7 nitrogen and oxygen atoms in total. The van der Waals surface area contributed by atoms with Crippen LogP contribution in [0.25, 0.3) is 0 Å². The molecular weight excluding hydrogens is 248 g/mol. The summed E-state index contributed by atoms with van der Waals surface area (Å²) in [6.07, 6.45) is 0. The maximum absolute atomic E-state index is 10.7. The van der Waals surface area contributed by atoms with E-state index in [2.05, 4.69) is 0 Å². The number of hydrogen-bond acceptors (Lipinski definition) is 6. The number of rotatable bonds is 2. The van der Waals surface area contributed by atoms with E-state index in [0.717, 1.165) is 0 Å². The Labute approximate surface area is 86.3 Å². The van der Waals surface area contributed by atoms with E-state index in [0.29, 0.717) is 12.1 Å². The first-order valence-electron chi connectivity index (χ1n) is 3.41. The molecule has 0 saturated carbocycles. The summed E-state index contributed by atoms with van der Waals surface area (Å²) in [4.78, 5) is -1.59. The monoisotopic (exact) mass is 254 g/mol. The Morgan fingerprint density at radius 1 is 1.13 bits per heavy atom. The van der Waals surface area contributed by atoms with Crippen LogP contribution < -0.4 is 0 Å². The highest BCUT2D eigenvalue weighted by Crippen LogP contribution is 2.33. The third-order valence-corrected chi connectivity index (χ3v) is 3.08. The maximum Gasteiger partial charge on any atom is 0.298 e. The second-order valence-electron chi connectivity index (χ2n) is 2.54. The van der Waals surface area contributed by atoms with Crippen molar-refractivity contribution in [1.82, 2.24) is 0 Å². The molecule has 0 aliphatic carbocycles. The Morgan fingerprint density at radius 2 is 1.67 bits per heavy atom. The first kappa shape index (κ1) is 11.8. The maximum atomic E-state index is 10.7. The Hall–Kier alpha value is -1.32. The first-order valence-corrected chi connectivity index (χ1v) is 6.03. The lowest BCUT2D eigenvalue weighted by atomic mass is 10.3. The van der Waals surface area contributed by atoms with E-state index >= 15 is 0 Å². The fourth-order valence-corrected chi connectivity index (χ4v) is 2.06. The molecule has 0 aliphatic rings. The molecular formula is C6H6O7S2. The van der Waals surface area contributed by atoms with Gasteiger partial charge in [-0.2, -0.15) is 8.42 Å². The number of phenols is 2. The number of aromatic hydroxyl groups is 2. The zero-order valence-corrected chi connectivity index (χ0v) is 8.70. The molecule has 0 atom stereocenters. The fourth-order valence-electron chi connectivity index (χ4n) is 0.881. The molecule has 0 spiro atoms. The van der Waals surface area contributed by atoms with E-state index in [1.54, 1.807) is 0 Å². The van der Waals surface area contributed by atoms with E-state index < -0.39 is 42.1 Å². The van der Waals surface area contributed by atoms with E-state index in [-0.39, 0.29) is 0 Å². The minimum Gasteiger partial charge on any atom is -0.504 e. The van der Waals surface area contributed by atoms with Gasteiger partial charge in [-0.15, -0.1) is 0 Å². The number of thiol groups is 1. The first-order chi connectivity index (χ1) is 6.73. The summed E-state index contributed by atoms with van der Waals surface area (Å²) in [5.74, 6) is -2.04. The van der Waals surface area contributed by atoms with Gasteiger partial charge in [-0.25, -0.2) is 8.42 Å². The molecule has 0 unspecified atom stereocenters. The molecule has 0 saturated heterocycles. The highest BCUT2D eigenvalue weighted by Gasteiger charge is 2.20. The quantitative estimate of drug-likeness (QED) is 0.312. The van der Waals surface area contributed by atoms with Crippen LogP contribution in [-0.4, -0.2) is 31.6 Å². The predicted molar refractivity (Wildman–Crippen MR) is 48.2 cm³/mol. The van der Waals surface area contributed by atoms with Crippen molar-refractivity contribution in [3.8, 4) is 11.5 Å². The molecule has 1 rings (SSSR count). The van der Waals surface area contributed by atoms with Crippen LogP contribution in [0, 0.1) is 0 Å². The second-order valence-corrected chi connectivity index (χ2v) is 4.96. The minimum absolute atomic E-state index is 0.534. The van der Waals surface area contributed by atoms with Gasteiger partial charge in [0, 0.05) is 6.07 Å². The highest BCUT2D eigenvalue weighted by atomic mass is 32.2. The van der Waals surface area contributed by atoms with Gasteiger partial charge < -0.3 is 10.2 Å². The van der Waals surface area contributed by atoms with Gasteiger partial charge in [0.1, 0.15) is 4.90 Å². The van der Waals surface area contributed by atoms with Gasteiger partial charge in [0.15, 0.2) is 22.2 Å². The third-order valence-electron chi connectivity index (χ3n) is 1.53. The van der Waals surface area contributed by atoms with Crippen LogP contribution in [0.1, 0.15) is 0 Å². The Kier molecular flexibility index (Phi) is 2.88. The van der Waals surface area contributed by atoms with E-state index in [9.17, 15) is 16.8 Å². The molecule has 0 aliphatic heterocycles. The molecule has 0 amide bonds. The van der Waals surface area contributed by atoms with Crippen LogP contribution >= 0.6 is 0 Å². The van der Waals surface area contributed by atoms with Gasteiger partial charge in [0.05, 0.1) is 4.90 Å². The lowest BCUT2D eigenvalue weighted by molar-refractivity contribution is 0.387.